The molecule has 10 heavy (non-hydrogen) atoms. The summed E-state index contributed by atoms with van der Waals surface area (Å²) in [6.07, 6.45) is 2.22. The van der Waals surface area contributed by atoms with Gasteiger partial charge in [0.2, 0.25) is 0 Å². The topological polar surface area (TPSA) is 9.23 Å². The second-order valence-electron chi connectivity index (χ2n) is 2.58. The van der Waals surface area contributed by atoms with Crippen LogP contribution >= 0.6 is 15.9 Å². The Kier molecular flexibility index (Phi) is 6.03. The fourth-order valence-corrected chi connectivity index (χ4v) is 1.03. The van der Waals surface area contributed by atoms with E-state index in [9.17, 15) is 0 Å². The Morgan fingerprint density at radius 3 is 2.70 bits per heavy atom. The maximum Gasteiger partial charge on any atom is 0.0522 e. The molecule has 60 valence electrons. The minimum atomic E-state index is 0.530. The Morgan fingerprint density at radius 2 is 2.30 bits per heavy atom. The number of halogens is 1. The molecule has 0 spiro atoms. The average Bonchev–Trinajstić information content (AvgIpc) is 1.88. The molecule has 0 N–H and O–H groups in total. The molecule has 1 nitrogen and oxygen atoms in total. The largest absolute Gasteiger partial charge is 0.384 e. The number of allylic oxidation sites excluding steroid dienone is 1. The van der Waals surface area contributed by atoms with E-state index in [0.29, 0.717) is 5.92 Å². The number of hydrogen-bond acceptors (Lipinski definition) is 1. The zero-order valence-electron chi connectivity index (χ0n) is 6.86. The van der Waals surface area contributed by atoms with Crippen LogP contribution in [0.5, 0.6) is 0 Å². The molecule has 0 aromatic heterocycles. The lowest BCUT2D eigenvalue weighted by molar-refractivity contribution is 0.176. The van der Waals surface area contributed by atoms with E-state index in [4.69, 9.17) is 4.74 Å². The lowest BCUT2D eigenvalue weighted by atomic mass is 10.1. The molecule has 0 fully saturated rings. The Morgan fingerprint density at radius 1 is 1.70 bits per heavy atom. The molecule has 0 aromatic carbocycles. The first-order chi connectivity index (χ1) is 4.70. The van der Waals surface area contributed by atoms with E-state index in [0.717, 1.165) is 11.9 Å². The average molecular weight is 207 g/mol. The summed E-state index contributed by atoms with van der Waals surface area (Å²) in [5.74, 6) is 0.530. The molecule has 0 saturated carbocycles. The summed E-state index contributed by atoms with van der Waals surface area (Å²) >= 11 is 3.39. The predicted octanol–water partition coefficient (Wildman–Crippen LogP) is 2.61. The SMILES string of the molecule is COCC(C)/C=C(/C)CBr. The molecule has 0 amide bonds. The molecule has 1 atom stereocenters. The number of rotatable bonds is 4. The number of ether oxygens (including phenoxy) is 1. The maximum atomic E-state index is 4.99. The van der Waals surface area contributed by atoms with Crippen molar-refractivity contribution in [2.45, 2.75) is 13.8 Å². The molecule has 0 aromatic rings. The van der Waals surface area contributed by atoms with Gasteiger partial charge < -0.3 is 4.74 Å². The van der Waals surface area contributed by atoms with Crippen LogP contribution in [0, 0.1) is 5.92 Å². The van der Waals surface area contributed by atoms with Gasteiger partial charge in [-0.25, -0.2) is 0 Å². The molecule has 0 rings (SSSR count). The Bertz CT molecular complexity index is 110. The van der Waals surface area contributed by atoms with Crippen LogP contribution in [-0.2, 0) is 4.74 Å². The second-order valence-corrected chi connectivity index (χ2v) is 3.14. The van der Waals surface area contributed by atoms with Crippen molar-refractivity contribution < 1.29 is 4.74 Å². The van der Waals surface area contributed by atoms with Crippen LogP contribution in [0.1, 0.15) is 13.8 Å². The van der Waals surface area contributed by atoms with Crippen molar-refractivity contribution in [3.8, 4) is 0 Å². The van der Waals surface area contributed by atoms with Crippen LogP contribution in [-0.4, -0.2) is 19.0 Å². The van der Waals surface area contributed by atoms with Gasteiger partial charge in [-0.1, -0.05) is 34.5 Å². The highest BCUT2D eigenvalue weighted by Crippen LogP contribution is 2.04. The lowest BCUT2D eigenvalue weighted by Crippen LogP contribution is -2.00. The molecular weight excluding hydrogens is 192 g/mol. The summed E-state index contributed by atoms with van der Waals surface area (Å²) in [5, 5.41) is 0.959. The van der Waals surface area contributed by atoms with Crippen LogP contribution in [0.15, 0.2) is 11.6 Å². The van der Waals surface area contributed by atoms with Crippen molar-refractivity contribution in [1.82, 2.24) is 0 Å². The van der Waals surface area contributed by atoms with E-state index in [1.165, 1.54) is 5.57 Å². The minimum Gasteiger partial charge on any atom is -0.384 e. The zero-order chi connectivity index (χ0) is 7.98. The molecule has 0 heterocycles. The van der Waals surface area contributed by atoms with Crippen molar-refractivity contribution in [2.24, 2.45) is 5.92 Å². The van der Waals surface area contributed by atoms with Gasteiger partial charge in [-0.15, -0.1) is 0 Å². The monoisotopic (exact) mass is 206 g/mol. The normalized spacial score (nSPS) is 15.4. The second kappa shape index (κ2) is 5.93. The van der Waals surface area contributed by atoms with Crippen molar-refractivity contribution in [3.05, 3.63) is 11.6 Å². The van der Waals surface area contributed by atoms with Crippen LogP contribution in [0.3, 0.4) is 0 Å². The quantitative estimate of drug-likeness (QED) is 0.508. The highest BCUT2D eigenvalue weighted by atomic mass is 79.9. The summed E-state index contributed by atoms with van der Waals surface area (Å²) < 4.78 is 4.99. The van der Waals surface area contributed by atoms with Crippen molar-refractivity contribution >= 4 is 15.9 Å². The van der Waals surface area contributed by atoms with E-state index in [2.05, 4.69) is 35.9 Å². The molecule has 0 saturated heterocycles. The molecule has 0 aliphatic rings. The van der Waals surface area contributed by atoms with Gasteiger partial charge in [0.1, 0.15) is 0 Å². The highest BCUT2D eigenvalue weighted by Gasteiger charge is 1.95. The smallest absolute Gasteiger partial charge is 0.0522 e. The van der Waals surface area contributed by atoms with Gasteiger partial charge >= 0.3 is 0 Å². The number of methoxy groups -OCH3 is 1. The third-order valence-electron chi connectivity index (χ3n) is 1.21. The van der Waals surface area contributed by atoms with Crippen LogP contribution in [0.25, 0.3) is 0 Å². The summed E-state index contributed by atoms with van der Waals surface area (Å²) in [4.78, 5) is 0. The summed E-state index contributed by atoms with van der Waals surface area (Å²) in [6.45, 7) is 5.07. The predicted molar refractivity (Wildman–Crippen MR) is 48.6 cm³/mol. The minimum absolute atomic E-state index is 0.530. The Labute approximate surface area is 71.6 Å². The van der Waals surface area contributed by atoms with Gasteiger partial charge in [0.25, 0.3) is 0 Å². The van der Waals surface area contributed by atoms with Crippen LogP contribution < -0.4 is 0 Å². The summed E-state index contributed by atoms with van der Waals surface area (Å²) in [6, 6.07) is 0. The Balaban J connectivity index is 3.62. The van der Waals surface area contributed by atoms with Gasteiger partial charge in [0, 0.05) is 12.4 Å². The lowest BCUT2D eigenvalue weighted by Gasteiger charge is -2.04. The van der Waals surface area contributed by atoms with Crippen molar-refractivity contribution in [1.29, 1.82) is 0 Å². The molecule has 0 radical (unpaired) electrons. The van der Waals surface area contributed by atoms with Gasteiger partial charge in [-0.3, -0.25) is 0 Å². The first-order valence-electron chi connectivity index (χ1n) is 3.43. The molecule has 1 unspecified atom stereocenters. The maximum absolute atomic E-state index is 4.99. The fourth-order valence-electron chi connectivity index (χ4n) is 0.841. The van der Waals surface area contributed by atoms with Crippen molar-refractivity contribution in [3.63, 3.8) is 0 Å². The number of hydrogen-bond donors (Lipinski definition) is 0. The van der Waals surface area contributed by atoms with Gasteiger partial charge in [0.05, 0.1) is 6.61 Å². The molecule has 2 heteroatoms. The van der Waals surface area contributed by atoms with Crippen LogP contribution in [0.4, 0.5) is 0 Å². The van der Waals surface area contributed by atoms with E-state index < -0.39 is 0 Å². The summed E-state index contributed by atoms with van der Waals surface area (Å²) in [7, 11) is 1.73. The van der Waals surface area contributed by atoms with E-state index in [1.807, 2.05) is 0 Å². The summed E-state index contributed by atoms with van der Waals surface area (Å²) in [5.41, 5.74) is 1.37. The fraction of sp³-hybridized carbons (Fsp3) is 0.750. The molecule has 0 aliphatic carbocycles. The third-order valence-corrected chi connectivity index (χ3v) is 2.09. The highest BCUT2D eigenvalue weighted by molar-refractivity contribution is 9.09. The van der Waals surface area contributed by atoms with Gasteiger partial charge in [-0.05, 0) is 12.8 Å². The molecular formula is C8H15BrO. The number of alkyl halides is 1. The molecule has 0 bridgehead atoms. The molecule has 0 aliphatic heterocycles. The van der Waals surface area contributed by atoms with E-state index in [-0.39, 0.29) is 0 Å². The Hall–Kier alpha value is 0.180. The van der Waals surface area contributed by atoms with Gasteiger partial charge in [0.15, 0.2) is 0 Å². The van der Waals surface area contributed by atoms with E-state index in [1.54, 1.807) is 7.11 Å². The first-order valence-corrected chi connectivity index (χ1v) is 4.55. The first kappa shape index (κ1) is 10.2. The zero-order valence-corrected chi connectivity index (χ0v) is 8.44. The van der Waals surface area contributed by atoms with Crippen LogP contribution in [0.2, 0.25) is 0 Å². The standard InChI is InChI=1S/C8H15BrO/c1-7(5-9)4-8(2)6-10-3/h4,8H,5-6H2,1-3H3/b7-4-. The van der Waals surface area contributed by atoms with Gasteiger partial charge in [-0.2, -0.15) is 0 Å². The van der Waals surface area contributed by atoms with E-state index >= 15 is 0 Å². The third kappa shape index (κ3) is 5.00. The van der Waals surface area contributed by atoms with Crippen molar-refractivity contribution in [2.75, 3.05) is 19.0 Å².